The first-order valence-corrected chi connectivity index (χ1v) is 17.7. The number of aromatic nitrogens is 1. The number of nitrogens with two attached hydrogens (primary N) is 1. The molecule has 1 spiro atoms. The van der Waals surface area contributed by atoms with Gasteiger partial charge in [-0.05, 0) is 67.3 Å². The fourth-order valence-electron chi connectivity index (χ4n) is 5.92. The highest BCUT2D eigenvalue weighted by Gasteiger charge is 2.44. The van der Waals surface area contributed by atoms with E-state index in [2.05, 4.69) is 19.9 Å². The minimum atomic E-state index is -3.90. The Balaban J connectivity index is 1.33. The fraction of sp³-hybridized carbons (Fsp3) is 0.594. The van der Waals surface area contributed by atoms with E-state index in [-0.39, 0.29) is 50.0 Å². The van der Waals surface area contributed by atoms with Crippen LogP contribution < -0.4 is 30.3 Å². The van der Waals surface area contributed by atoms with E-state index in [1.165, 1.54) is 26.0 Å². The Hall–Kier alpha value is -3.72. The Bertz CT molecular complexity index is 1570. The number of anilines is 4. The maximum atomic E-state index is 13.8. The number of amides is 1. The second-order valence-corrected chi connectivity index (χ2v) is 14.9. The van der Waals surface area contributed by atoms with Gasteiger partial charge in [0.05, 0.1) is 24.0 Å². The largest absolute Gasteiger partial charge is 0.493 e. The van der Waals surface area contributed by atoms with E-state index >= 15 is 0 Å². The van der Waals surface area contributed by atoms with E-state index in [4.69, 9.17) is 15.2 Å². The number of piperidine rings is 2. The van der Waals surface area contributed by atoms with Crippen molar-refractivity contribution >= 4 is 44.9 Å². The van der Waals surface area contributed by atoms with Crippen LogP contribution in [0, 0.1) is 11.3 Å². The summed E-state index contributed by atoms with van der Waals surface area (Å²) in [5.74, 6) is -3.46. The summed E-state index contributed by atoms with van der Waals surface area (Å²) in [5, 5.41) is 2.83. The lowest BCUT2D eigenvalue weighted by molar-refractivity contribution is -0.145. The number of benzene rings is 1. The van der Waals surface area contributed by atoms with Gasteiger partial charge in [0.15, 0.2) is 11.6 Å². The molecule has 0 unspecified atom stereocenters. The average Bonchev–Trinajstić information content (AvgIpc) is 3.78. The van der Waals surface area contributed by atoms with E-state index < -0.39 is 39.6 Å². The molecule has 47 heavy (non-hydrogen) atoms. The zero-order valence-corrected chi connectivity index (χ0v) is 27.9. The van der Waals surface area contributed by atoms with Crippen molar-refractivity contribution in [2.45, 2.75) is 64.3 Å². The van der Waals surface area contributed by atoms with Crippen molar-refractivity contribution in [2.75, 3.05) is 65.5 Å². The highest BCUT2D eigenvalue weighted by Crippen LogP contribution is 2.54. The van der Waals surface area contributed by atoms with Crippen molar-refractivity contribution < 1.29 is 36.3 Å². The molecule has 1 aromatic heterocycles. The van der Waals surface area contributed by atoms with Gasteiger partial charge in [-0.25, -0.2) is 22.2 Å². The van der Waals surface area contributed by atoms with Crippen molar-refractivity contribution in [1.29, 1.82) is 0 Å². The van der Waals surface area contributed by atoms with Crippen molar-refractivity contribution in [2.24, 2.45) is 17.1 Å². The summed E-state index contributed by atoms with van der Waals surface area (Å²) in [4.78, 5) is 34.1. The molecule has 4 N–H and O–H groups in total. The Morgan fingerprint density at radius 1 is 1.00 bits per heavy atom. The van der Waals surface area contributed by atoms with E-state index in [1.54, 1.807) is 43.0 Å². The Kier molecular flexibility index (Phi) is 10.2. The highest BCUT2D eigenvalue weighted by molar-refractivity contribution is 7.92. The van der Waals surface area contributed by atoms with Gasteiger partial charge in [-0.3, -0.25) is 14.3 Å². The van der Waals surface area contributed by atoms with Crippen LogP contribution >= 0.6 is 0 Å². The van der Waals surface area contributed by atoms with Gasteiger partial charge in [-0.15, -0.1) is 0 Å². The molecule has 0 bridgehead atoms. The van der Waals surface area contributed by atoms with Crippen LogP contribution in [0.2, 0.25) is 0 Å². The quantitative estimate of drug-likeness (QED) is 0.278. The first-order chi connectivity index (χ1) is 22.2. The summed E-state index contributed by atoms with van der Waals surface area (Å²) in [5.41, 5.74) is 7.31. The minimum Gasteiger partial charge on any atom is -0.493 e. The van der Waals surface area contributed by atoms with Crippen molar-refractivity contribution in [3.63, 3.8) is 0 Å². The number of rotatable bonds is 12. The van der Waals surface area contributed by atoms with Crippen LogP contribution in [0.25, 0.3) is 0 Å². The molecule has 12 nitrogen and oxygen atoms in total. The summed E-state index contributed by atoms with van der Waals surface area (Å²) in [6.45, 7) is 4.81. The molecule has 258 valence electrons. The van der Waals surface area contributed by atoms with Crippen LogP contribution in [0.15, 0.2) is 30.3 Å². The number of nitrogens with one attached hydrogen (secondary N) is 2. The molecule has 3 heterocycles. The molecule has 15 heteroatoms. The molecule has 3 aliphatic rings. The van der Waals surface area contributed by atoms with E-state index in [0.717, 1.165) is 12.8 Å². The van der Waals surface area contributed by atoms with E-state index in [1.807, 2.05) is 0 Å². The second-order valence-electron chi connectivity index (χ2n) is 13.1. The number of hydrogen-bond acceptors (Lipinski definition) is 10. The molecular weight excluding hydrogens is 634 g/mol. The zero-order chi connectivity index (χ0) is 34.0. The van der Waals surface area contributed by atoms with Crippen LogP contribution in [0.4, 0.5) is 31.8 Å². The molecule has 1 aliphatic carbocycles. The molecule has 2 saturated heterocycles. The molecule has 5 rings (SSSR count). The predicted octanol–water partition coefficient (Wildman–Crippen LogP) is 4.23. The molecular formula is C32H44F2N6O6S. The van der Waals surface area contributed by atoms with Crippen LogP contribution in [0.5, 0.6) is 5.75 Å². The number of sulfonamides is 1. The number of methoxy groups -OCH3 is 1. The molecule has 1 atom stereocenters. The van der Waals surface area contributed by atoms with Crippen molar-refractivity contribution in [3.8, 4) is 5.75 Å². The third-order valence-electron chi connectivity index (χ3n) is 9.32. The van der Waals surface area contributed by atoms with Gasteiger partial charge >= 0.3 is 5.97 Å². The molecule has 1 aromatic carbocycles. The molecule has 2 aliphatic heterocycles. The second kappa shape index (κ2) is 13.8. The fourth-order valence-corrected chi connectivity index (χ4v) is 6.81. The van der Waals surface area contributed by atoms with Crippen LogP contribution in [0.3, 0.4) is 0 Å². The summed E-state index contributed by atoms with van der Waals surface area (Å²) in [6.07, 6.45) is 3.74. The lowest BCUT2D eigenvalue weighted by atomic mass is 9.93. The van der Waals surface area contributed by atoms with Crippen LogP contribution in [-0.2, 0) is 19.6 Å². The Morgan fingerprint density at radius 2 is 1.66 bits per heavy atom. The van der Waals surface area contributed by atoms with Crippen LogP contribution in [0.1, 0.15) is 62.7 Å². The summed E-state index contributed by atoms with van der Waals surface area (Å²) in [7, 11) is -2.43. The Morgan fingerprint density at radius 3 is 2.28 bits per heavy atom. The number of halogens is 2. The van der Waals surface area contributed by atoms with E-state index in [9.17, 15) is 26.8 Å². The average molecular weight is 679 g/mol. The number of hydrogen-bond donors (Lipinski definition) is 3. The number of alkyl halides is 2. The number of carbonyl (C=O) groups excluding carboxylic acids is 2. The van der Waals surface area contributed by atoms with Gasteiger partial charge in [-0.2, -0.15) is 0 Å². The standard InChI is InChI=1S/C32H44F2N6O6S/c1-21(2)27(35)30(42)46-18-19-47(43,44)38-22-4-5-23(24(20-22)39-14-10-31(8-9-31)11-15-39)29(41)37-26-7-6-25(45-3)28(36-26)40-16-12-32(33,34)13-17-40/h4-7,20-21,27,38H,8-19,35H2,1-3H3,(H,36,37,41)/t27-/m0/s1. The van der Waals surface area contributed by atoms with Crippen molar-refractivity contribution in [3.05, 3.63) is 35.9 Å². The van der Waals surface area contributed by atoms with E-state index in [0.29, 0.717) is 41.3 Å². The number of carbonyl (C=O) groups is 2. The van der Waals surface area contributed by atoms with Crippen molar-refractivity contribution in [1.82, 2.24) is 4.98 Å². The highest BCUT2D eigenvalue weighted by atomic mass is 32.2. The molecule has 1 saturated carbocycles. The maximum Gasteiger partial charge on any atom is 0.323 e. The SMILES string of the molecule is COc1ccc(NC(=O)c2ccc(NS(=O)(=O)CCOC(=O)[C@@H](N)C(C)C)cc2N2CCC3(CC2)CC3)nc1N1CCC(F)(F)CC1. The first-order valence-electron chi connectivity index (χ1n) is 16.0. The molecule has 3 fully saturated rings. The third-order valence-corrected chi connectivity index (χ3v) is 10.6. The lowest BCUT2D eigenvalue weighted by Crippen LogP contribution is -2.40. The smallest absolute Gasteiger partial charge is 0.323 e. The molecule has 1 amide bonds. The predicted molar refractivity (Wildman–Crippen MR) is 176 cm³/mol. The van der Waals surface area contributed by atoms with Gasteiger partial charge in [0.2, 0.25) is 10.0 Å². The number of esters is 1. The molecule has 0 radical (unpaired) electrons. The lowest BCUT2D eigenvalue weighted by Gasteiger charge is -2.35. The summed E-state index contributed by atoms with van der Waals surface area (Å²) in [6, 6.07) is 7.07. The number of ether oxygens (including phenoxy) is 2. The van der Waals surface area contributed by atoms with Gasteiger partial charge in [-0.1, -0.05) is 13.8 Å². The number of nitrogens with zero attached hydrogens (tertiary/aromatic N) is 3. The van der Waals surface area contributed by atoms with Gasteiger partial charge < -0.3 is 30.3 Å². The van der Waals surface area contributed by atoms with Crippen LogP contribution in [-0.4, -0.2) is 82.9 Å². The zero-order valence-electron chi connectivity index (χ0n) is 27.1. The Labute approximate surface area is 274 Å². The third kappa shape index (κ3) is 8.61. The van der Waals surface area contributed by atoms with Gasteiger partial charge in [0.25, 0.3) is 11.8 Å². The summed E-state index contributed by atoms with van der Waals surface area (Å²) >= 11 is 0. The number of pyridine rings is 1. The summed E-state index contributed by atoms with van der Waals surface area (Å²) < 4.78 is 66.4. The topological polar surface area (TPSA) is 156 Å². The first kappa shape index (κ1) is 34.6. The van der Waals surface area contributed by atoms with Gasteiger partial charge in [0, 0.05) is 39.0 Å². The molecule has 2 aromatic rings. The minimum absolute atomic E-state index is 0.0969. The maximum absolute atomic E-state index is 13.8. The monoisotopic (exact) mass is 678 g/mol. The van der Waals surface area contributed by atoms with Gasteiger partial charge in [0.1, 0.15) is 24.2 Å². The normalized spacial score (nSPS) is 19.3.